The minimum absolute atomic E-state index is 0.229. The third-order valence-corrected chi connectivity index (χ3v) is 2.66. The van der Waals surface area contributed by atoms with E-state index in [2.05, 4.69) is 11.4 Å². The quantitative estimate of drug-likeness (QED) is 0.663. The van der Waals surface area contributed by atoms with E-state index in [-0.39, 0.29) is 5.88 Å². The van der Waals surface area contributed by atoms with Crippen molar-refractivity contribution < 1.29 is 9.34 Å². The van der Waals surface area contributed by atoms with Gasteiger partial charge in [-0.3, -0.25) is 10.1 Å². The van der Waals surface area contributed by atoms with Gasteiger partial charge in [0.15, 0.2) is 0 Å². The average molecular weight is 246 g/mol. The largest absolute Gasteiger partial charge is 0.433 e. The van der Waals surface area contributed by atoms with Crippen LogP contribution in [0.25, 0.3) is 0 Å². The van der Waals surface area contributed by atoms with Crippen LogP contribution in [0.5, 0.6) is 0 Å². The molecule has 0 aliphatic heterocycles. The molecule has 0 saturated carbocycles. The van der Waals surface area contributed by atoms with Gasteiger partial charge in [0, 0.05) is 5.69 Å². The molecule has 18 heavy (non-hydrogen) atoms. The second-order valence-electron chi connectivity index (χ2n) is 4.17. The first-order valence-corrected chi connectivity index (χ1v) is 5.60. The first kappa shape index (κ1) is 12.2. The summed E-state index contributed by atoms with van der Waals surface area (Å²) in [5, 5.41) is 13.7. The van der Waals surface area contributed by atoms with Crippen LogP contribution < -0.4 is 5.32 Å². The van der Waals surface area contributed by atoms with Crippen molar-refractivity contribution in [1.29, 1.82) is 0 Å². The second-order valence-corrected chi connectivity index (χ2v) is 4.17. The highest BCUT2D eigenvalue weighted by atomic mass is 16.6. The van der Waals surface area contributed by atoms with E-state index in [1.54, 1.807) is 6.07 Å². The minimum atomic E-state index is -0.541. The lowest BCUT2D eigenvalue weighted by Gasteiger charge is -2.08. The Bertz CT molecular complexity index is 575. The maximum Gasteiger partial charge on any atom is 0.433 e. The first-order chi connectivity index (χ1) is 8.56. The molecule has 1 heterocycles. The summed E-state index contributed by atoms with van der Waals surface area (Å²) in [7, 11) is 0. The van der Waals surface area contributed by atoms with Crippen molar-refractivity contribution in [3.05, 3.63) is 57.3 Å². The van der Waals surface area contributed by atoms with Gasteiger partial charge in [-0.05, 0) is 31.5 Å². The van der Waals surface area contributed by atoms with E-state index < -0.39 is 4.92 Å². The van der Waals surface area contributed by atoms with Crippen molar-refractivity contribution in [2.45, 2.75) is 20.4 Å². The minimum Gasteiger partial charge on any atom is -0.404 e. The fourth-order valence-corrected chi connectivity index (χ4v) is 1.75. The molecule has 94 valence electrons. The van der Waals surface area contributed by atoms with E-state index in [1.807, 2.05) is 26.0 Å². The molecule has 0 spiro atoms. The van der Waals surface area contributed by atoms with Gasteiger partial charge in [0.2, 0.25) is 0 Å². The Hall–Kier alpha value is -2.30. The number of aryl methyl sites for hydroxylation is 2. The summed E-state index contributed by atoms with van der Waals surface area (Å²) in [4.78, 5) is 9.93. The van der Waals surface area contributed by atoms with Crippen molar-refractivity contribution in [2.24, 2.45) is 0 Å². The van der Waals surface area contributed by atoms with Gasteiger partial charge in [0.25, 0.3) is 0 Å². The highest BCUT2D eigenvalue weighted by Crippen LogP contribution is 2.19. The van der Waals surface area contributed by atoms with E-state index in [9.17, 15) is 10.1 Å². The van der Waals surface area contributed by atoms with Crippen molar-refractivity contribution in [3.63, 3.8) is 0 Å². The van der Waals surface area contributed by atoms with E-state index >= 15 is 0 Å². The van der Waals surface area contributed by atoms with E-state index in [4.69, 9.17) is 4.42 Å². The van der Waals surface area contributed by atoms with Crippen LogP contribution >= 0.6 is 0 Å². The van der Waals surface area contributed by atoms with Gasteiger partial charge < -0.3 is 9.73 Å². The molecule has 5 heteroatoms. The van der Waals surface area contributed by atoms with Crippen LogP contribution in [-0.2, 0) is 6.54 Å². The molecule has 0 fully saturated rings. The predicted molar refractivity (Wildman–Crippen MR) is 68.6 cm³/mol. The third-order valence-electron chi connectivity index (χ3n) is 2.66. The number of nitro groups is 1. The van der Waals surface area contributed by atoms with Crippen LogP contribution in [0.15, 0.2) is 34.7 Å². The zero-order valence-corrected chi connectivity index (χ0v) is 10.3. The topological polar surface area (TPSA) is 68.3 Å². The molecule has 1 aromatic carbocycles. The number of hydrogen-bond donors (Lipinski definition) is 1. The summed E-state index contributed by atoms with van der Waals surface area (Å²) in [6.45, 7) is 4.48. The van der Waals surface area contributed by atoms with E-state index in [0.29, 0.717) is 12.3 Å². The fourth-order valence-electron chi connectivity index (χ4n) is 1.75. The highest BCUT2D eigenvalue weighted by Gasteiger charge is 2.11. The lowest BCUT2D eigenvalue weighted by Crippen LogP contribution is -2.00. The molecule has 0 amide bonds. The smallest absolute Gasteiger partial charge is 0.404 e. The first-order valence-electron chi connectivity index (χ1n) is 5.60. The maximum atomic E-state index is 10.5. The molecular formula is C13H14N2O3. The molecule has 0 saturated heterocycles. The van der Waals surface area contributed by atoms with Crippen molar-refractivity contribution in [2.75, 3.05) is 5.32 Å². The van der Waals surface area contributed by atoms with Crippen LogP contribution in [0, 0.1) is 24.0 Å². The molecule has 2 rings (SSSR count). The Labute approximate surface area is 105 Å². The number of rotatable bonds is 4. The maximum absolute atomic E-state index is 10.5. The van der Waals surface area contributed by atoms with Crippen molar-refractivity contribution >= 4 is 11.6 Å². The van der Waals surface area contributed by atoms with Crippen molar-refractivity contribution in [1.82, 2.24) is 0 Å². The molecule has 2 aromatic rings. The molecule has 0 radical (unpaired) electrons. The Balaban J connectivity index is 2.04. The van der Waals surface area contributed by atoms with E-state index in [1.165, 1.54) is 11.6 Å². The van der Waals surface area contributed by atoms with Gasteiger partial charge in [0.1, 0.15) is 10.7 Å². The normalized spacial score (nSPS) is 10.3. The second kappa shape index (κ2) is 4.91. The Morgan fingerprint density at radius 3 is 2.67 bits per heavy atom. The average Bonchev–Trinajstić information content (AvgIpc) is 2.76. The van der Waals surface area contributed by atoms with Crippen LogP contribution in [0.2, 0.25) is 0 Å². The molecule has 1 N–H and O–H groups in total. The summed E-state index contributed by atoms with van der Waals surface area (Å²) >= 11 is 0. The number of nitrogens with zero attached hydrogens (tertiary/aromatic N) is 1. The SMILES string of the molecule is Cc1ccc(NCc2ccc([N+](=O)[O-])o2)c(C)c1. The molecular weight excluding hydrogens is 232 g/mol. The number of nitrogens with one attached hydrogen (secondary N) is 1. The van der Waals surface area contributed by atoms with Crippen LogP contribution in [0.3, 0.4) is 0 Å². The van der Waals surface area contributed by atoms with Gasteiger partial charge in [0.05, 0.1) is 12.6 Å². The zero-order chi connectivity index (χ0) is 13.1. The Kier molecular flexibility index (Phi) is 3.32. The molecule has 0 aliphatic carbocycles. The van der Waals surface area contributed by atoms with Gasteiger partial charge in [-0.2, -0.15) is 0 Å². The molecule has 0 aliphatic rings. The van der Waals surface area contributed by atoms with Gasteiger partial charge in [-0.25, -0.2) is 0 Å². The lowest BCUT2D eigenvalue weighted by atomic mass is 10.1. The summed E-state index contributed by atoms with van der Waals surface area (Å²) in [5.74, 6) is 0.314. The molecule has 5 nitrogen and oxygen atoms in total. The van der Waals surface area contributed by atoms with Gasteiger partial charge in [-0.1, -0.05) is 17.7 Å². The summed E-state index contributed by atoms with van der Waals surface area (Å²) in [6.07, 6.45) is 0. The third kappa shape index (κ3) is 2.68. The number of furan rings is 1. The number of benzene rings is 1. The number of hydrogen-bond acceptors (Lipinski definition) is 4. The fraction of sp³-hybridized carbons (Fsp3) is 0.231. The summed E-state index contributed by atoms with van der Waals surface area (Å²) in [5.41, 5.74) is 3.34. The summed E-state index contributed by atoms with van der Waals surface area (Å²) < 4.78 is 5.07. The van der Waals surface area contributed by atoms with Crippen LogP contribution in [0.4, 0.5) is 11.6 Å². The number of anilines is 1. The standard InChI is InChI=1S/C13H14N2O3/c1-9-3-5-12(10(2)7-9)14-8-11-4-6-13(18-11)15(16)17/h3-7,14H,8H2,1-2H3. The summed E-state index contributed by atoms with van der Waals surface area (Å²) in [6, 6.07) is 9.04. The van der Waals surface area contributed by atoms with Gasteiger partial charge in [-0.15, -0.1) is 0 Å². The highest BCUT2D eigenvalue weighted by molar-refractivity contribution is 5.52. The molecule has 0 unspecified atom stereocenters. The molecule has 0 atom stereocenters. The Morgan fingerprint density at radius 2 is 2.06 bits per heavy atom. The van der Waals surface area contributed by atoms with E-state index in [0.717, 1.165) is 11.3 Å². The zero-order valence-electron chi connectivity index (χ0n) is 10.3. The van der Waals surface area contributed by atoms with Crippen molar-refractivity contribution in [3.8, 4) is 0 Å². The predicted octanol–water partition coefficient (Wildman–Crippen LogP) is 3.42. The van der Waals surface area contributed by atoms with Crippen LogP contribution in [0.1, 0.15) is 16.9 Å². The molecule has 1 aromatic heterocycles. The monoisotopic (exact) mass is 246 g/mol. The lowest BCUT2D eigenvalue weighted by molar-refractivity contribution is -0.402. The molecule has 0 bridgehead atoms. The van der Waals surface area contributed by atoms with Crippen LogP contribution in [-0.4, -0.2) is 4.92 Å². The van der Waals surface area contributed by atoms with Gasteiger partial charge >= 0.3 is 5.88 Å². The Morgan fingerprint density at radius 1 is 1.28 bits per heavy atom.